The summed E-state index contributed by atoms with van der Waals surface area (Å²) in [4.78, 5) is 15.6. The molecule has 11 heteroatoms. The van der Waals surface area contributed by atoms with Crippen LogP contribution in [0.15, 0.2) is 23.1 Å². The maximum absolute atomic E-state index is 13.9. The molecule has 2 aromatic heterocycles. The number of sulfonamides is 1. The van der Waals surface area contributed by atoms with Crippen molar-refractivity contribution in [2.45, 2.75) is 11.8 Å². The minimum absolute atomic E-state index is 0.00242. The van der Waals surface area contributed by atoms with Gasteiger partial charge >= 0.3 is 0 Å². The van der Waals surface area contributed by atoms with Gasteiger partial charge in [0.15, 0.2) is 10.9 Å². The van der Waals surface area contributed by atoms with Crippen molar-refractivity contribution in [2.24, 2.45) is 5.73 Å². The second-order valence-electron chi connectivity index (χ2n) is 4.73. The summed E-state index contributed by atoms with van der Waals surface area (Å²) >= 11 is 7.64. The van der Waals surface area contributed by atoms with Gasteiger partial charge in [0.05, 0.1) is 14.6 Å². The Morgan fingerprint density at radius 1 is 1.38 bits per heavy atom. The summed E-state index contributed by atoms with van der Waals surface area (Å²) in [7, 11) is -3.98. The van der Waals surface area contributed by atoms with Crippen LogP contribution in [0.5, 0.6) is 0 Å². The molecule has 0 radical (unpaired) electrons. The average Bonchev–Trinajstić information content (AvgIpc) is 3.07. The Hall–Kier alpha value is -1.75. The average molecular weight is 406 g/mol. The number of halogens is 2. The van der Waals surface area contributed by atoms with Crippen LogP contribution in [0.2, 0.25) is 5.02 Å². The first-order valence-corrected chi connectivity index (χ1v) is 9.86. The van der Waals surface area contributed by atoms with Crippen LogP contribution in [0.4, 0.5) is 9.52 Å². The third-order valence-corrected chi connectivity index (χ3v) is 7.09. The zero-order chi connectivity index (χ0) is 17.6. The molecule has 0 aliphatic carbocycles. The van der Waals surface area contributed by atoms with Crippen LogP contribution in [0.1, 0.15) is 14.5 Å². The van der Waals surface area contributed by atoms with E-state index in [1.165, 1.54) is 12.1 Å². The molecule has 0 atom stereocenters. The van der Waals surface area contributed by atoms with Crippen molar-refractivity contribution >= 4 is 65.6 Å². The lowest BCUT2D eigenvalue weighted by Crippen LogP contribution is -2.13. The van der Waals surface area contributed by atoms with E-state index >= 15 is 0 Å². The number of fused-ring (bicyclic) bond motifs is 1. The lowest BCUT2D eigenvalue weighted by molar-refractivity contribution is 0.100. The molecule has 126 valence electrons. The number of nitrogens with zero attached hydrogens (tertiary/aromatic N) is 1. The number of amides is 1. The Kier molecular flexibility index (Phi) is 4.24. The van der Waals surface area contributed by atoms with Gasteiger partial charge in [-0.15, -0.1) is 11.3 Å². The molecule has 0 saturated carbocycles. The molecule has 6 nitrogen and oxygen atoms in total. The van der Waals surface area contributed by atoms with E-state index in [0.29, 0.717) is 9.58 Å². The van der Waals surface area contributed by atoms with Crippen molar-refractivity contribution in [1.82, 2.24) is 4.98 Å². The van der Waals surface area contributed by atoms with E-state index in [-0.39, 0.29) is 25.4 Å². The van der Waals surface area contributed by atoms with Gasteiger partial charge in [0.25, 0.3) is 15.9 Å². The highest BCUT2D eigenvalue weighted by Crippen LogP contribution is 2.33. The molecule has 2 heterocycles. The van der Waals surface area contributed by atoms with E-state index in [1.54, 1.807) is 13.0 Å². The third kappa shape index (κ3) is 2.97. The zero-order valence-corrected chi connectivity index (χ0v) is 15.2. The number of aryl methyl sites for hydroxylation is 1. The number of carbonyl (C=O) groups excluding carboxylic acids is 1. The molecule has 1 amide bonds. The van der Waals surface area contributed by atoms with Crippen molar-refractivity contribution in [3.63, 3.8) is 0 Å². The monoisotopic (exact) mass is 405 g/mol. The molecule has 0 fully saturated rings. The topological polar surface area (TPSA) is 102 Å². The number of thiazole rings is 1. The zero-order valence-electron chi connectivity index (χ0n) is 12.0. The Morgan fingerprint density at radius 2 is 2.08 bits per heavy atom. The van der Waals surface area contributed by atoms with Crippen LogP contribution < -0.4 is 10.5 Å². The number of primary amides is 1. The number of carbonyl (C=O) groups is 1. The van der Waals surface area contributed by atoms with Gasteiger partial charge in [-0.05, 0) is 25.1 Å². The molecule has 0 saturated heterocycles. The SMILES string of the molecule is Cc1sc(C(N)=O)cc1S(=O)(=O)Nc1nc2c(F)c(Cl)ccc2s1. The summed E-state index contributed by atoms with van der Waals surface area (Å²) in [5, 5.41) is -0.0978. The minimum atomic E-state index is -3.98. The maximum Gasteiger partial charge on any atom is 0.264 e. The van der Waals surface area contributed by atoms with E-state index in [9.17, 15) is 17.6 Å². The first-order chi connectivity index (χ1) is 11.2. The van der Waals surface area contributed by atoms with E-state index in [4.69, 9.17) is 17.3 Å². The number of nitrogens with two attached hydrogens (primary N) is 1. The summed E-state index contributed by atoms with van der Waals surface area (Å²) in [6.45, 7) is 1.56. The number of anilines is 1. The van der Waals surface area contributed by atoms with Gasteiger partial charge in [0, 0.05) is 4.88 Å². The molecular formula is C13H9ClFN3O3S3. The summed E-state index contributed by atoms with van der Waals surface area (Å²) in [5.74, 6) is -1.42. The maximum atomic E-state index is 13.9. The van der Waals surface area contributed by atoms with Crippen molar-refractivity contribution in [1.29, 1.82) is 0 Å². The van der Waals surface area contributed by atoms with Gasteiger partial charge in [-0.1, -0.05) is 22.9 Å². The molecule has 0 spiro atoms. The van der Waals surface area contributed by atoms with E-state index in [0.717, 1.165) is 22.7 Å². The highest BCUT2D eigenvalue weighted by atomic mass is 35.5. The normalized spacial score (nSPS) is 11.8. The van der Waals surface area contributed by atoms with Crippen molar-refractivity contribution < 1.29 is 17.6 Å². The summed E-state index contributed by atoms with van der Waals surface area (Å²) in [6.07, 6.45) is 0. The summed E-state index contributed by atoms with van der Waals surface area (Å²) < 4.78 is 41.6. The fraction of sp³-hybridized carbons (Fsp3) is 0.0769. The highest BCUT2D eigenvalue weighted by Gasteiger charge is 2.23. The van der Waals surface area contributed by atoms with E-state index in [2.05, 4.69) is 9.71 Å². The molecule has 3 rings (SSSR count). The van der Waals surface area contributed by atoms with Crippen molar-refractivity contribution in [2.75, 3.05) is 4.72 Å². The molecule has 0 unspecified atom stereocenters. The van der Waals surface area contributed by atoms with Gasteiger partial charge in [0.2, 0.25) is 0 Å². The summed E-state index contributed by atoms with van der Waals surface area (Å²) in [6, 6.07) is 4.13. The molecule has 3 N–H and O–H groups in total. The number of rotatable bonds is 4. The lowest BCUT2D eigenvalue weighted by atomic mass is 10.3. The van der Waals surface area contributed by atoms with Crippen molar-refractivity contribution in [3.8, 4) is 0 Å². The second kappa shape index (κ2) is 5.96. The smallest absolute Gasteiger partial charge is 0.264 e. The van der Waals surface area contributed by atoms with E-state index in [1.807, 2.05) is 0 Å². The van der Waals surface area contributed by atoms with Crippen LogP contribution in [-0.2, 0) is 10.0 Å². The van der Waals surface area contributed by atoms with Crippen molar-refractivity contribution in [3.05, 3.63) is 38.8 Å². The van der Waals surface area contributed by atoms with Crippen LogP contribution >= 0.6 is 34.3 Å². The number of benzene rings is 1. The van der Waals surface area contributed by atoms with Gasteiger partial charge in [-0.3, -0.25) is 9.52 Å². The lowest BCUT2D eigenvalue weighted by Gasteiger charge is -2.03. The Morgan fingerprint density at radius 3 is 2.71 bits per heavy atom. The van der Waals surface area contributed by atoms with E-state index < -0.39 is 21.7 Å². The first-order valence-electron chi connectivity index (χ1n) is 6.36. The predicted molar refractivity (Wildman–Crippen MR) is 93.0 cm³/mol. The predicted octanol–water partition coefficient (Wildman–Crippen LogP) is 3.36. The quantitative estimate of drug-likeness (QED) is 0.694. The number of hydrogen-bond acceptors (Lipinski definition) is 6. The molecule has 0 bridgehead atoms. The van der Waals surface area contributed by atoms with Gasteiger partial charge < -0.3 is 5.73 Å². The number of nitrogens with one attached hydrogen (secondary N) is 1. The largest absolute Gasteiger partial charge is 0.365 e. The van der Waals surface area contributed by atoms with Crippen LogP contribution in [0.3, 0.4) is 0 Å². The molecular weight excluding hydrogens is 397 g/mol. The second-order valence-corrected chi connectivity index (χ2v) is 9.07. The molecule has 1 aromatic carbocycles. The third-order valence-electron chi connectivity index (χ3n) is 3.08. The highest BCUT2D eigenvalue weighted by molar-refractivity contribution is 7.93. The fourth-order valence-corrected chi connectivity index (χ4v) is 5.70. The van der Waals surface area contributed by atoms with Crippen LogP contribution in [0.25, 0.3) is 10.2 Å². The van der Waals surface area contributed by atoms with Gasteiger partial charge in [-0.25, -0.2) is 17.8 Å². The Balaban J connectivity index is 2.01. The Labute approximate surface area is 149 Å². The molecule has 3 aromatic rings. The summed E-state index contributed by atoms with van der Waals surface area (Å²) in [5.41, 5.74) is 5.16. The standard InChI is InChI=1S/C13H9ClFN3O3S3/c1-5-9(4-8(22-5)12(16)19)24(20,21)18-13-17-11-7(23-13)3-2-6(14)10(11)15/h2-4H,1H3,(H2,16,19)(H,17,18). The van der Waals surface area contributed by atoms with Gasteiger partial charge in [-0.2, -0.15) is 0 Å². The number of aromatic nitrogens is 1. The van der Waals surface area contributed by atoms with Crippen LogP contribution in [0, 0.1) is 12.7 Å². The molecule has 0 aliphatic heterocycles. The number of thiophene rings is 1. The van der Waals surface area contributed by atoms with Crippen LogP contribution in [-0.4, -0.2) is 19.3 Å². The Bertz CT molecular complexity index is 1080. The molecule has 0 aliphatic rings. The minimum Gasteiger partial charge on any atom is -0.365 e. The van der Waals surface area contributed by atoms with Gasteiger partial charge in [0.1, 0.15) is 10.4 Å². The number of hydrogen-bond donors (Lipinski definition) is 2. The first kappa shape index (κ1) is 17.1. The molecule has 24 heavy (non-hydrogen) atoms. The fourth-order valence-electron chi connectivity index (χ4n) is 2.00.